The van der Waals surface area contributed by atoms with Crippen LogP contribution in [0, 0.1) is 5.92 Å². The number of rotatable bonds is 3. The summed E-state index contributed by atoms with van der Waals surface area (Å²) in [5.74, 6) is 4.19. The third-order valence-electron chi connectivity index (χ3n) is 2.17. The van der Waals surface area contributed by atoms with Crippen molar-refractivity contribution >= 4 is 11.8 Å². The number of amides is 2. The lowest BCUT2D eigenvalue weighted by atomic mass is 10.3. The molecule has 1 aliphatic rings. The Morgan fingerprint density at radius 1 is 1.54 bits per heavy atom. The molecular weight excluding hydrogens is 170 g/mol. The topological polar surface area (TPSA) is 75.4 Å². The Hall–Kier alpha value is -1.10. The molecule has 0 atom stereocenters. The molecule has 0 unspecified atom stereocenters. The molecule has 13 heavy (non-hydrogen) atoms. The summed E-state index contributed by atoms with van der Waals surface area (Å²) >= 11 is 0. The summed E-state index contributed by atoms with van der Waals surface area (Å²) in [4.78, 5) is 23.7. The molecule has 0 aromatic heterocycles. The van der Waals surface area contributed by atoms with E-state index in [4.69, 9.17) is 5.84 Å². The second-order valence-corrected chi connectivity index (χ2v) is 3.26. The van der Waals surface area contributed by atoms with Crippen molar-refractivity contribution in [3.63, 3.8) is 0 Å². The molecule has 1 saturated carbocycles. The Kier molecular flexibility index (Phi) is 3.25. The first-order valence-electron chi connectivity index (χ1n) is 4.48. The van der Waals surface area contributed by atoms with E-state index in [1.165, 1.54) is 4.90 Å². The maximum atomic E-state index is 11.3. The summed E-state index contributed by atoms with van der Waals surface area (Å²) in [5.41, 5.74) is 1.84. The summed E-state index contributed by atoms with van der Waals surface area (Å²) in [5, 5.41) is 0. The summed E-state index contributed by atoms with van der Waals surface area (Å²) in [6.07, 6.45) is 2.32. The van der Waals surface area contributed by atoms with Crippen molar-refractivity contribution in [1.29, 1.82) is 0 Å². The van der Waals surface area contributed by atoms with Gasteiger partial charge in [-0.05, 0) is 25.7 Å². The van der Waals surface area contributed by atoms with Crippen molar-refractivity contribution in [2.75, 3.05) is 13.1 Å². The van der Waals surface area contributed by atoms with Crippen LogP contribution in [0.3, 0.4) is 0 Å². The monoisotopic (exact) mass is 185 g/mol. The van der Waals surface area contributed by atoms with Crippen LogP contribution in [0.1, 0.15) is 19.8 Å². The SMILES string of the molecule is CCN(CC1CC1)C(=O)C(=O)NN. The molecule has 0 heterocycles. The van der Waals surface area contributed by atoms with Gasteiger partial charge in [0.15, 0.2) is 0 Å². The van der Waals surface area contributed by atoms with Crippen molar-refractivity contribution in [2.45, 2.75) is 19.8 Å². The Morgan fingerprint density at radius 3 is 2.54 bits per heavy atom. The smallest absolute Gasteiger partial charge is 0.323 e. The van der Waals surface area contributed by atoms with Crippen LogP contribution in [0.4, 0.5) is 0 Å². The number of hydrazine groups is 1. The highest BCUT2D eigenvalue weighted by atomic mass is 16.2. The largest absolute Gasteiger partial charge is 0.334 e. The molecule has 2 amide bonds. The normalized spacial score (nSPS) is 15.2. The van der Waals surface area contributed by atoms with E-state index in [1.807, 2.05) is 12.3 Å². The van der Waals surface area contributed by atoms with E-state index < -0.39 is 11.8 Å². The fourth-order valence-corrected chi connectivity index (χ4v) is 1.17. The maximum Gasteiger partial charge on any atom is 0.323 e. The van der Waals surface area contributed by atoms with E-state index in [2.05, 4.69) is 0 Å². The summed E-state index contributed by atoms with van der Waals surface area (Å²) < 4.78 is 0. The van der Waals surface area contributed by atoms with E-state index in [0.717, 1.165) is 12.8 Å². The number of nitrogens with one attached hydrogen (secondary N) is 1. The maximum absolute atomic E-state index is 11.3. The minimum absolute atomic E-state index is 0.531. The second kappa shape index (κ2) is 4.23. The van der Waals surface area contributed by atoms with Gasteiger partial charge in [0.1, 0.15) is 0 Å². The zero-order chi connectivity index (χ0) is 9.84. The standard InChI is InChI=1S/C8H15N3O2/c1-2-11(5-6-3-4-6)8(13)7(12)10-9/h6H,2-5,9H2,1H3,(H,10,12). The Morgan fingerprint density at radius 2 is 2.15 bits per heavy atom. The highest BCUT2D eigenvalue weighted by Gasteiger charge is 2.28. The molecule has 0 spiro atoms. The van der Waals surface area contributed by atoms with Gasteiger partial charge in [-0.2, -0.15) is 0 Å². The molecule has 1 aliphatic carbocycles. The highest BCUT2D eigenvalue weighted by molar-refractivity contribution is 6.34. The molecular formula is C8H15N3O2. The molecule has 1 rings (SSSR count). The lowest BCUT2D eigenvalue weighted by molar-refractivity contribution is -0.145. The van der Waals surface area contributed by atoms with Crippen LogP contribution in [0.15, 0.2) is 0 Å². The number of hydrogen-bond acceptors (Lipinski definition) is 3. The Bertz CT molecular complexity index is 213. The van der Waals surface area contributed by atoms with Crippen LogP contribution in [0.2, 0.25) is 0 Å². The Labute approximate surface area is 77.2 Å². The second-order valence-electron chi connectivity index (χ2n) is 3.26. The zero-order valence-corrected chi connectivity index (χ0v) is 7.75. The quantitative estimate of drug-likeness (QED) is 0.262. The van der Waals surface area contributed by atoms with Gasteiger partial charge in [-0.3, -0.25) is 15.0 Å². The van der Waals surface area contributed by atoms with Gasteiger partial charge in [0.2, 0.25) is 0 Å². The van der Waals surface area contributed by atoms with Crippen LogP contribution < -0.4 is 11.3 Å². The van der Waals surface area contributed by atoms with Crippen LogP contribution in [0.5, 0.6) is 0 Å². The number of hydrogen-bond donors (Lipinski definition) is 2. The molecule has 1 fully saturated rings. The first kappa shape index (κ1) is 9.98. The number of likely N-dealkylation sites (N-methyl/N-ethyl adjacent to an activating group) is 1. The van der Waals surface area contributed by atoms with Crippen molar-refractivity contribution in [1.82, 2.24) is 10.3 Å². The minimum Gasteiger partial charge on any atom is -0.334 e. The van der Waals surface area contributed by atoms with Crippen LogP contribution in [-0.2, 0) is 9.59 Å². The van der Waals surface area contributed by atoms with Gasteiger partial charge in [0.05, 0.1) is 0 Å². The molecule has 0 radical (unpaired) electrons. The number of nitrogens with zero attached hydrogens (tertiary/aromatic N) is 1. The fourth-order valence-electron chi connectivity index (χ4n) is 1.17. The molecule has 0 aromatic carbocycles. The van der Waals surface area contributed by atoms with Gasteiger partial charge in [0, 0.05) is 13.1 Å². The average Bonchev–Trinajstić information content (AvgIpc) is 2.95. The molecule has 3 N–H and O–H groups in total. The van der Waals surface area contributed by atoms with E-state index in [1.54, 1.807) is 0 Å². The van der Waals surface area contributed by atoms with Crippen LogP contribution in [0.25, 0.3) is 0 Å². The Balaban J connectivity index is 2.43. The minimum atomic E-state index is -0.734. The molecule has 0 aliphatic heterocycles. The predicted molar refractivity (Wildman–Crippen MR) is 47.3 cm³/mol. The van der Waals surface area contributed by atoms with Gasteiger partial charge in [-0.25, -0.2) is 5.84 Å². The lowest BCUT2D eigenvalue weighted by Crippen LogP contribution is -2.46. The zero-order valence-electron chi connectivity index (χ0n) is 7.75. The van der Waals surface area contributed by atoms with Gasteiger partial charge in [0.25, 0.3) is 0 Å². The van der Waals surface area contributed by atoms with Crippen LogP contribution in [-0.4, -0.2) is 29.8 Å². The first-order valence-corrected chi connectivity index (χ1v) is 4.48. The van der Waals surface area contributed by atoms with E-state index in [0.29, 0.717) is 19.0 Å². The number of carbonyl (C=O) groups excluding carboxylic acids is 2. The summed E-state index contributed by atoms with van der Waals surface area (Å²) in [6, 6.07) is 0. The molecule has 0 saturated heterocycles. The number of carbonyl (C=O) groups is 2. The summed E-state index contributed by atoms with van der Waals surface area (Å²) in [6.45, 7) is 3.09. The van der Waals surface area contributed by atoms with Gasteiger partial charge < -0.3 is 4.90 Å². The van der Waals surface area contributed by atoms with E-state index >= 15 is 0 Å². The first-order chi connectivity index (χ1) is 6.19. The van der Waals surface area contributed by atoms with Gasteiger partial charge >= 0.3 is 11.8 Å². The van der Waals surface area contributed by atoms with Crippen LogP contribution >= 0.6 is 0 Å². The predicted octanol–water partition coefficient (Wildman–Crippen LogP) is -0.765. The molecule has 0 bridgehead atoms. The molecule has 5 nitrogen and oxygen atoms in total. The third kappa shape index (κ3) is 2.69. The van der Waals surface area contributed by atoms with Crippen molar-refractivity contribution in [2.24, 2.45) is 11.8 Å². The molecule has 5 heteroatoms. The average molecular weight is 185 g/mol. The van der Waals surface area contributed by atoms with E-state index in [-0.39, 0.29) is 0 Å². The molecule has 74 valence electrons. The van der Waals surface area contributed by atoms with Gasteiger partial charge in [-0.1, -0.05) is 0 Å². The highest BCUT2D eigenvalue weighted by Crippen LogP contribution is 2.29. The molecule has 0 aromatic rings. The van der Waals surface area contributed by atoms with E-state index in [9.17, 15) is 9.59 Å². The fraction of sp³-hybridized carbons (Fsp3) is 0.750. The summed E-state index contributed by atoms with van der Waals surface area (Å²) in [7, 11) is 0. The van der Waals surface area contributed by atoms with Gasteiger partial charge in [-0.15, -0.1) is 0 Å². The lowest BCUT2D eigenvalue weighted by Gasteiger charge is -2.18. The van der Waals surface area contributed by atoms with Crippen molar-refractivity contribution in [3.05, 3.63) is 0 Å². The van der Waals surface area contributed by atoms with Crippen molar-refractivity contribution < 1.29 is 9.59 Å². The number of nitrogens with two attached hydrogens (primary N) is 1. The van der Waals surface area contributed by atoms with Crippen molar-refractivity contribution in [3.8, 4) is 0 Å². The third-order valence-corrected chi connectivity index (χ3v) is 2.17.